The first-order chi connectivity index (χ1) is 9.16. The number of ether oxygens (including phenoxy) is 2. The minimum atomic E-state index is -5.74. The van der Waals surface area contributed by atoms with E-state index >= 15 is 0 Å². The molecule has 0 aliphatic carbocycles. The summed E-state index contributed by atoms with van der Waals surface area (Å²) in [6.45, 7) is 0. The molecule has 0 spiro atoms. The Morgan fingerprint density at radius 2 is 1.60 bits per heavy atom. The molecule has 0 N–H and O–H groups in total. The van der Waals surface area contributed by atoms with Gasteiger partial charge >= 0.3 is 15.6 Å². The average molecular weight is 444 g/mol. The smallest absolute Gasteiger partial charge is 0.493 e. The van der Waals surface area contributed by atoms with Gasteiger partial charge < -0.3 is 13.7 Å². The summed E-state index contributed by atoms with van der Waals surface area (Å²) in [5.41, 5.74) is -5.51. The van der Waals surface area contributed by atoms with Gasteiger partial charge in [-0.15, -0.1) is 0 Å². The minimum absolute atomic E-state index is 0.0501. The molecule has 0 saturated carbocycles. The lowest BCUT2D eigenvalue weighted by Gasteiger charge is -2.14. The van der Waals surface area contributed by atoms with E-state index in [-0.39, 0.29) is 16.4 Å². The largest absolute Gasteiger partial charge is 0.534 e. The summed E-state index contributed by atoms with van der Waals surface area (Å²) < 4.78 is 72.9. The lowest BCUT2D eigenvalue weighted by atomic mass is 10.3. The van der Waals surface area contributed by atoms with E-state index in [0.717, 1.165) is 15.0 Å². The van der Waals surface area contributed by atoms with Crippen molar-refractivity contribution < 1.29 is 35.2 Å². The Morgan fingerprint density at radius 3 is 2.00 bits per heavy atom. The second kappa shape index (κ2) is 6.47. The molecule has 0 radical (unpaired) electrons. The Labute approximate surface area is 129 Å². The number of alkyl halides is 3. The third-order valence-electron chi connectivity index (χ3n) is 2.02. The van der Waals surface area contributed by atoms with E-state index in [4.69, 9.17) is 9.47 Å². The lowest BCUT2D eigenvalue weighted by molar-refractivity contribution is -0.0500. The number of halogens is 4. The van der Waals surface area contributed by atoms with Crippen molar-refractivity contribution in [3.8, 4) is 17.2 Å². The van der Waals surface area contributed by atoms with E-state index in [1.807, 2.05) is 0 Å². The van der Waals surface area contributed by atoms with Gasteiger partial charge in [-0.25, -0.2) is 0 Å². The maximum atomic E-state index is 12.3. The normalized spacial score (nSPS) is 12.1. The standard InChI is InChI=1S/C9H8F3IO5S2/c1-16-5-3-7(8(19-13)4-6(5)17-2)18-20(14,15)9(10,11)12/h3-4H,1-2H3. The van der Waals surface area contributed by atoms with Crippen LogP contribution in [-0.4, -0.2) is 28.1 Å². The highest BCUT2D eigenvalue weighted by Crippen LogP contribution is 2.43. The molecule has 0 fully saturated rings. The molecule has 114 valence electrons. The molecule has 11 heteroatoms. The van der Waals surface area contributed by atoms with Gasteiger partial charge in [-0.05, 0) is 8.93 Å². The molecule has 1 aromatic rings. The van der Waals surface area contributed by atoms with E-state index in [0.29, 0.717) is 0 Å². The fourth-order valence-corrected chi connectivity index (χ4v) is 3.01. The van der Waals surface area contributed by atoms with Gasteiger partial charge in [-0.1, -0.05) is 0 Å². The number of rotatable bonds is 5. The van der Waals surface area contributed by atoms with Crippen molar-refractivity contribution in [3.05, 3.63) is 12.1 Å². The molecule has 20 heavy (non-hydrogen) atoms. The Morgan fingerprint density at radius 1 is 1.10 bits per heavy atom. The zero-order chi connectivity index (χ0) is 15.6. The summed E-state index contributed by atoms with van der Waals surface area (Å²) in [4.78, 5) is 0.149. The summed E-state index contributed by atoms with van der Waals surface area (Å²) in [6, 6.07) is 2.33. The summed E-state index contributed by atoms with van der Waals surface area (Å²) in [5, 5.41) is 0. The fraction of sp³-hybridized carbons (Fsp3) is 0.333. The number of benzene rings is 1. The Hall–Kier alpha value is -0.560. The van der Waals surface area contributed by atoms with Crippen molar-refractivity contribution in [2.45, 2.75) is 10.4 Å². The maximum Gasteiger partial charge on any atom is 0.534 e. The van der Waals surface area contributed by atoms with Crippen molar-refractivity contribution in [2.24, 2.45) is 0 Å². The van der Waals surface area contributed by atoms with Crippen LogP contribution in [0, 0.1) is 0 Å². The maximum absolute atomic E-state index is 12.3. The molecule has 0 aliphatic rings. The van der Waals surface area contributed by atoms with Gasteiger partial charge in [-0.2, -0.15) is 21.6 Å². The van der Waals surface area contributed by atoms with Crippen molar-refractivity contribution >= 4 is 40.3 Å². The summed E-state index contributed by atoms with van der Waals surface area (Å²) in [7, 11) is -2.17. The first-order valence-corrected chi connectivity index (χ1v) is 9.48. The minimum Gasteiger partial charge on any atom is -0.493 e. The number of hydrogen-bond acceptors (Lipinski definition) is 6. The van der Waals surface area contributed by atoms with Gasteiger partial charge in [0.2, 0.25) is 0 Å². The highest BCUT2D eigenvalue weighted by atomic mass is 127. The van der Waals surface area contributed by atoms with E-state index in [2.05, 4.69) is 4.18 Å². The van der Waals surface area contributed by atoms with E-state index in [1.165, 1.54) is 20.3 Å². The van der Waals surface area contributed by atoms with E-state index in [9.17, 15) is 21.6 Å². The van der Waals surface area contributed by atoms with Crippen LogP contribution < -0.4 is 13.7 Å². The molecule has 1 rings (SSSR count). The predicted molar refractivity (Wildman–Crippen MR) is 75.0 cm³/mol. The van der Waals surface area contributed by atoms with Crippen LogP contribution in [0.2, 0.25) is 0 Å². The summed E-state index contributed by atoms with van der Waals surface area (Å²) >= 11 is 1.77. The van der Waals surface area contributed by atoms with Crippen LogP contribution in [0.5, 0.6) is 17.2 Å². The molecule has 0 amide bonds. The van der Waals surface area contributed by atoms with Crippen LogP contribution in [0.1, 0.15) is 0 Å². The van der Waals surface area contributed by atoms with Crippen molar-refractivity contribution in [3.63, 3.8) is 0 Å². The molecule has 0 heterocycles. The highest BCUT2D eigenvalue weighted by Gasteiger charge is 2.49. The molecular formula is C9H8F3IO5S2. The summed E-state index contributed by atoms with van der Waals surface area (Å²) in [5.74, 6) is -0.197. The van der Waals surface area contributed by atoms with Crippen LogP contribution in [0.25, 0.3) is 0 Å². The van der Waals surface area contributed by atoms with Crippen LogP contribution >= 0.6 is 30.1 Å². The second-order valence-corrected chi connectivity index (χ2v) is 6.67. The first-order valence-electron chi connectivity index (χ1n) is 4.71. The zero-order valence-electron chi connectivity index (χ0n) is 10.0. The van der Waals surface area contributed by atoms with Gasteiger partial charge in [0.1, 0.15) is 0 Å². The van der Waals surface area contributed by atoms with Gasteiger partial charge in [0.05, 0.1) is 19.1 Å². The fourth-order valence-electron chi connectivity index (χ4n) is 1.13. The molecule has 0 aromatic heterocycles. The molecule has 0 saturated heterocycles. The van der Waals surface area contributed by atoms with E-state index < -0.39 is 21.4 Å². The molecule has 0 aliphatic heterocycles. The van der Waals surface area contributed by atoms with Crippen LogP contribution in [0.3, 0.4) is 0 Å². The molecule has 1 aromatic carbocycles. The van der Waals surface area contributed by atoms with Gasteiger partial charge in [0.25, 0.3) is 0 Å². The molecule has 0 atom stereocenters. The first kappa shape index (κ1) is 17.5. The zero-order valence-corrected chi connectivity index (χ0v) is 13.8. The third-order valence-corrected chi connectivity index (χ3v) is 4.89. The van der Waals surface area contributed by atoms with Crippen molar-refractivity contribution in [2.75, 3.05) is 14.2 Å². The van der Waals surface area contributed by atoms with Gasteiger partial charge in [0, 0.05) is 33.3 Å². The SMILES string of the molecule is COc1cc(OS(=O)(=O)C(F)(F)F)c(SI)cc1OC. The monoisotopic (exact) mass is 444 g/mol. The Kier molecular flexibility index (Phi) is 5.66. The topological polar surface area (TPSA) is 61.8 Å². The molecule has 5 nitrogen and oxygen atoms in total. The van der Waals surface area contributed by atoms with Gasteiger partial charge in [0.15, 0.2) is 17.2 Å². The van der Waals surface area contributed by atoms with Gasteiger partial charge in [-0.3, -0.25) is 0 Å². The second-order valence-electron chi connectivity index (χ2n) is 3.21. The van der Waals surface area contributed by atoms with E-state index in [1.54, 1.807) is 21.2 Å². The third kappa shape index (κ3) is 3.75. The van der Waals surface area contributed by atoms with Crippen LogP contribution in [0.4, 0.5) is 13.2 Å². The quantitative estimate of drug-likeness (QED) is 0.395. The molecule has 0 unspecified atom stereocenters. The Bertz CT molecular complexity index is 588. The van der Waals surface area contributed by atoms with Crippen molar-refractivity contribution in [1.82, 2.24) is 0 Å². The van der Waals surface area contributed by atoms with Crippen LogP contribution in [0.15, 0.2) is 17.0 Å². The molecule has 0 bridgehead atoms. The Balaban J connectivity index is 3.31. The predicted octanol–water partition coefficient (Wildman–Crippen LogP) is 3.37. The number of hydrogen-bond donors (Lipinski definition) is 0. The summed E-state index contributed by atoms with van der Waals surface area (Å²) in [6.07, 6.45) is 0. The average Bonchev–Trinajstić information content (AvgIpc) is 2.36. The highest BCUT2D eigenvalue weighted by molar-refractivity contribution is 14.2. The lowest BCUT2D eigenvalue weighted by Crippen LogP contribution is -2.28. The van der Waals surface area contributed by atoms with Crippen LogP contribution in [-0.2, 0) is 10.1 Å². The number of methoxy groups -OCH3 is 2. The molecular weight excluding hydrogens is 436 g/mol. The van der Waals surface area contributed by atoms with Crippen molar-refractivity contribution in [1.29, 1.82) is 0 Å².